The summed E-state index contributed by atoms with van der Waals surface area (Å²) in [5, 5.41) is 8.89. The summed E-state index contributed by atoms with van der Waals surface area (Å²) in [6, 6.07) is 2.41. The van der Waals surface area contributed by atoms with Crippen LogP contribution in [0, 0.1) is 0 Å². The first-order valence-corrected chi connectivity index (χ1v) is 9.29. The Morgan fingerprint density at radius 3 is 2.31 bits per heavy atom. The number of benzene rings is 1. The second-order valence-electron chi connectivity index (χ2n) is 6.24. The maximum atomic E-state index is 13.4. The third-order valence-electron chi connectivity index (χ3n) is 4.16. The van der Waals surface area contributed by atoms with Gasteiger partial charge < -0.3 is 14.9 Å². The van der Waals surface area contributed by atoms with Crippen molar-refractivity contribution in [3.63, 3.8) is 0 Å². The first kappa shape index (κ1) is 20.3. The van der Waals surface area contributed by atoms with Gasteiger partial charge in [-0.2, -0.15) is 13.2 Å². The Morgan fingerprint density at radius 2 is 1.85 bits per heavy atom. The lowest BCUT2D eigenvalue weighted by Crippen LogP contribution is -2.46. The van der Waals surface area contributed by atoms with Gasteiger partial charge >= 0.3 is 12.3 Å². The Balaban J connectivity index is 2.27. The average Bonchev–Trinajstić information content (AvgIpc) is 2.53. The van der Waals surface area contributed by atoms with E-state index in [0.717, 1.165) is 17.0 Å². The Bertz CT molecular complexity index is 773. The van der Waals surface area contributed by atoms with Crippen LogP contribution in [0.15, 0.2) is 23.1 Å². The second-order valence-corrected chi connectivity index (χ2v) is 7.92. The molecule has 2 rings (SSSR count). The molecule has 11 heteroatoms. The number of likely N-dealkylation sites (tertiary alicyclic amines) is 1. The van der Waals surface area contributed by atoms with E-state index in [9.17, 15) is 26.4 Å². The monoisotopic (exact) mass is 395 g/mol. The van der Waals surface area contributed by atoms with E-state index < -0.39 is 38.8 Å². The quantitative estimate of drug-likeness (QED) is 0.816. The highest BCUT2D eigenvalue weighted by atomic mass is 32.2. The molecular formula is C15H20F3N3O4S. The lowest BCUT2D eigenvalue weighted by molar-refractivity contribution is -0.139. The normalized spacial score (nSPS) is 16.6. The van der Waals surface area contributed by atoms with Gasteiger partial charge in [-0.15, -0.1) is 0 Å². The van der Waals surface area contributed by atoms with Crippen molar-refractivity contribution in [1.82, 2.24) is 9.62 Å². The van der Waals surface area contributed by atoms with Crippen molar-refractivity contribution < 1.29 is 31.5 Å². The molecule has 1 aromatic rings. The molecule has 7 nitrogen and oxygen atoms in total. The molecule has 1 amide bonds. The first-order valence-electron chi connectivity index (χ1n) is 7.80. The Morgan fingerprint density at radius 1 is 1.27 bits per heavy atom. The van der Waals surface area contributed by atoms with E-state index in [1.807, 2.05) is 0 Å². The minimum absolute atomic E-state index is 0.119. The second kappa shape index (κ2) is 7.31. The molecule has 1 fully saturated rings. The number of amides is 1. The summed E-state index contributed by atoms with van der Waals surface area (Å²) in [6.07, 6.45) is -5.54. The average molecular weight is 395 g/mol. The maximum Gasteiger partial charge on any atom is 0.417 e. The zero-order valence-electron chi connectivity index (χ0n) is 14.2. The third kappa shape index (κ3) is 4.58. The zero-order valence-corrected chi connectivity index (χ0v) is 15.1. The molecule has 0 unspecified atom stereocenters. The lowest BCUT2D eigenvalue weighted by atomic mass is 10.1. The molecule has 0 radical (unpaired) electrons. The molecule has 1 aromatic carbocycles. The van der Waals surface area contributed by atoms with E-state index in [2.05, 4.69) is 4.72 Å². The number of carboxylic acid groups (broad SMARTS) is 1. The Labute approximate surface area is 149 Å². The minimum atomic E-state index is -4.83. The predicted octanol–water partition coefficient (Wildman–Crippen LogP) is 2.19. The summed E-state index contributed by atoms with van der Waals surface area (Å²) < 4.78 is 67.4. The maximum absolute atomic E-state index is 13.4. The number of sulfonamides is 1. The van der Waals surface area contributed by atoms with Gasteiger partial charge in [-0.3, -0.25) is 0 Å². The van der Waals surface area contributed by atoms with Crippen LogP contribution in [0.25, 0.3) is 0 Å². The number of rotatable bonds is 4. The molecule has 0 atom stereocenters. The fraction of sp³-hybridized carbons (Fsp3) is 0.533. The minimum Gasteiger partial charge on any atom is -0.465 e. The molecule has 146 valence electrons. The summed E-state index contributed by atoms with van der Waals surface area (Å²) in [7, 11) is -1.30. The number of alkyl halides is 3. The predicted molar refractivity (Wildman–Crippen MR) is 88.7 cm³/mol. The number of nitrogens with zero attached hydrogens (tertiary/aromatic N) is 2. The molecule has 0 aromatic heterocycles. The molecule has 1 saturated heterocycles. The summed E-state index contributed by atoms with van der Waals surface area (Å²) >= 11 is 0. The fourth-order valence-corrected chi connectivity index (χ4v) is 4.24. The highest BCUT2D eigenvalue weighted by Crippen LogP contribution is 2.36. The molecule has 0 saturated carbocycles. The van der Waals surface area contributed by atoms with Gasteiger partial charge in [0.05, 0.1) is 10.5 Å². The van der Waals surface area contributed by atoms with Crippen LogP contribution >= 0.6 is 0 Å². The van der Waals surface area contributed by atoms with E-state index in [4.69, 9.17) is 5.11 Å². The van der Waals surface area contributed by atoms with Gasteiger partial charge in [0.2, 0.25) is 10.0 Å². The van der Waals surface area contributed by atoms with E-state index in [-0.39, 0.29) is 31.6 Å². The number of anilines is 1. The van der Waals surface area contributed by atoms with Crippen molar-refractivity contribution in [2.45, 2.75) is 30.0 Å². The molecule has 1 aliphatic rings. The van der Waals surface area contributed by atoms with Crippen molar-refractivity contribution in [2.24, 2.45) is 0 Å². The van der Waals surface area contributed by atoms with E-state index in [0.29, 0.717) is 0 Å². The van der Waals surface area contributed by atoms with Crippen molar-refractivity contribution in [1.29, 1.82) is 0 Å². The molecule has 0 spiro atoms. The number of halogens is 3. The van der Waals surface area contributed by atoms with Crippen molar-refractivity contribution in [3.8, 4) is 0 Å². The first-order chi connectivity index (χ1) is 11.9. The molecule has 26 heavy (non-hydrogen) atoms. The summed E-state index contributed by atoms with van der Waals surface area (Å²) in [5.74, 6) is 0. The summed E-state index contributed by atoms with van der Waals surface area (Å²) in [5.41, 5.74) is -1.01. The Hall–Kier alpha value is -2.01. The van der Waals surface area contributed by atoms with Crippen molar-refractivity contribution in [2.75, 3.05) is 32.1 Å². The number of nitrogens with one attached hydrogen (secondary N) is 1. The van der Waals surface area contributed by atoms with Crippen LogP contribution in [0.4, 0.5) is 23.7 Å². The molecule has 0 aliphatic carbocycles. The lowest BCUT2D eigenvalue weighted by Gasteiger charge is -2.30. The van der Waals surface area contributed by atoms with Crippen LogP contribution in [0.2, 0.25) is 0 Å². The van der Waals surface area contributed by atoms with Crippen molar-refractivity contribution >= 4 is 21.8 Å². The van der Waals surface area contributed by atoms with E-state index >= 15 is 0 Å². The topological polar surface area (TPSA) is 90.0 Å². The van der Waals surface area contributed by atoms with Crippen LogP contribution < -0.4 is 9.62 Å². The fourth-order valence-electron chi connectivity index (χ4n) is 2.72. The highest BCUT2D eigenvalue weighted by molar-refractivity contribution is 7.89. The van der Waals surface area contributed by atoms with Crippen LogP contribution in [0.5, 0.6) is 0 Å². The number of hydrogen-bond acceptors (Lipinski definition) is 4. The SMILES string of the molecule is CN(C)c1ccc(S(=O)(=O)NC2CCN(C(=O)O)CC2)c(C(F)(F)F)c1. The molecule has 1 aliphatic heterocycles. The highest BCUT2D eigenvalue weighted by Gasteiger charge is 2.38. The number of hydrogen-bond donors (Lipinski definition) is 2. The van der Waals surface area contributed by atoms with Gasteiger partial charge in [-0.1, -0.05) is 0 Å². The van der Waals surface area contributed by atoms with E-state index in [1.165, 1.54) is 11.0 Å². The zero-order chi connectivity index (χ0) is 19.7. The summed E-state index contributed by atoms with van der Waals surface area (Å²) in [4.78, 5) is 12.6. The number of piperidine rings is 1. The van der Waals surface area contributed by atoms with Crippen LogP contribution in [-0.4, -0.2) is 57.7 Å². The largest absolute Gasteiger partial charge is 0.465 e. The van der Waals surface area contributed by atoms with Crippen molar-refractivity contribution in [3.05, 3.63) is 23.8 Å². The van der Waals surface area contributed by atoms with Gasteiger partial charge in [-0.05, 0) is 31.0 Å². The smallest absolute Gasteiger partial charge is 0.417 e. The van der Waals surface area contributed by atoms with Gasteiger partial charge in [-0.25, -0.2) is 17.9 Å². The Kier molecular flexibility index (Phi) is 5.71. The van der Waals surface area contributed by atoms with Gasteiger partial charge in [0, 0.05) is 38.9 Å². The van der Waals surface area contributed by atoms with Gasteiger partial charge in [0.25, 0.3) is 0 Å². The van der Waals surface area contributed by atoms with Crippen LogP contribution in [-0.2, 0) is 16.2 Å². The van der Waals surface area contributed by atoms with Gasteiger partial charge in [0.15, 0.2) is 0 Å². The van der Waals surface area contributed by atoms with Gasteiger partial charge in [0.1, 0.15) is 0 Å². The van der Waals surface area contributed by atoms with E-state index in [1.54, 1.807) is 14.1 Å². The van der Waals surface area contributed by atoms with Crippen LogP contribution in [0.1, 0.15) is 18.4 Å². The molecule has 0 bridgehead atoms. The third-order valence-corrected chi connectivity index (χ3v) is 5.74. The molecule has 2 N–H and O–H groups in total. The number of carbonyl (C=O) groups is 1. The van der Waals surface area contributed by atoms with Crippen LogP contribution in [0.3, 0.4) is 0 Å². The standard InChI is InChI=1S/C15H20F3N3O4S/c1-20(2)11-3-4-13(12(9-11)15(16,17)18)26(24,25)19-10-5-7-21(8-6-10)14(22)23/h3-4,9-10,19H,5-8H2,1-2H3,(H,22,23). The summed E-state index contributed by atoms with van der Waals surface area (Å²) in [6.45, 7) is 0.239. The molecule has 1 heterocycles. The molecular weight excluding hydrogens is 375 g/mol.